The molecule has 3 nitrogen and oxygen atoms in total. The molecule has 0 radical (unpaired) electrons. The number of anilines is 1. The van der Waals surface area contributed by atoms with E-state index in [9.17, 15) is 4.79 Å². The maximum Gasteiger partial charge on any atom is 0.152 e. The predicted octanol–water partition coefficient (Wildman–Crippen LogP) is 2.68. The second-order valence-corrected chi connectivity index (χ2v) is 5.86. The molecule has 1 heterocycles. The van der Waals surface area contributed by atoms with Gasteiger partial charge in [0.25, 0.3) is 0 Å². The Morgan fingerprint density at radius 3 is 2.67 bits per heavy atom. The second-order valence-electron chi connectivity index (χ2n) is 5.45. The molecule has 0 saturated carbocycles. The fourth-order valence-electron chi connectivity index (χ4n) is 2.39. The lowest BCUT2D eigenvalue weighted by molar-refractivity contribution is 0.112. The molecular weight excluding hydrogens is 248 g/mol. The molecule has 1 aliphatic rings. The van der Waals surface area contributed by atoms with Gasteiger partial charge in [-0.15, -0.1) is 0 Å². The van der Waals surface area contributed by atoms with Crippen LogP contribution in [0.3, 0.4) is 0 Å². The van der Waals surface area contributed by atoms with Crippen molar-refractivity contribution in [3.05, 3.63) is 28.8 Å². The Morgan fingerprint density at radius 1 is 1.33 bits per heavy atom. The molecule has 2 rings (SSSR count). The van der Waals surface area contributed by atoms with Crippen LogP contribution in [0.4, 0.5) is 5.69 Å². The minimum atomic E-state index is 0.0809. The monoisotopic (exact) mass is 266 g/mol. The molecule has 0 aliphatic carbocycles. The third-order valence-electron chi connectivity index (χ3n) is 3.78. The first-order valence-electron chi connectivity index (χ1n) is 6.15. The third kappa shape index (κ3) is 2.38. The van der Waals surface area contributed by atoms with E-state index in [4.69, 9.17) is 11.6 Å². The van der Waals surface area contributed by atoms with Gasteiger partial charge in [-0.05, 0) is 33.0 Å². The van der Waals surface area contributed by atoms with Crippen LogP contribution < -0.4 is 4.90 Å². The number of aldehydes is 1. The first kappa shape index (κ1) is 13.4. The van der Waals surface area contributed by atoms with Gasteiger partial charge in [0.1, 0.15) is 0 Å². The van der Waals surface area contributed by atoms with Gasteiger partial charge in [-0.25, -0.2) is 0 Å². The average Bonchev–Trinajstić information content (AvgIpc) is 2.32. The molecule has 0 amide bonds. The summed E-state index contributed by atoms with van der Waals surface area (Å²) in [5.74, 6) is 0. The molecule has 1 fully saturated rings. The van der Waals surface area contributed by atoms with Crippen molar-refractivity contribution in [2.45, 2.75) is 19.4 Å². The van der Waals surface area contributed by atoms with Crippen LogP contribution in [-0.4, -0.2) is 43.4 Å². The molecule has 1 saturated heterocycles. The van der Waals surface area contributed by atoms with Crippen molar-refractivity contribution in [3.8, 4) is 0 Å². The van der Waals surface area contributed by atoms with Crippen LogP contribution in [0.25, 0.3) is 0 Å². The van der Waals surface area contributed by atoms with E-state index in [1.165, 1.54) is 0 Å². The summed E-state index contributed by atoms with van der Waals surface area (Å²) in [7, 11) is 2.13. The molecule has 1 aliphatic heterocycles. The van der Waals surface area contributed by atoms with Crippen LogP contribution in [0.1, 0.15) is 24.2 Å². The number of hydrogen-bond acceptors (Lipinski definition) is 3. The molecule has 0 N–H and O–H groups in total. The minimum absolute atomic E-state index is 0.0809. The van der Waals surface area contributed by atoms with Crippen LogP contribution in [0, 0.1) is 0 Å². The van der Waals surface area contributed by atoms with E-state index in [1.807, 2.05) is 18.2 Å². The van der Waals surface area contributed by atoms with Crippen LogP contribution in [-0.2, 0) is 0 Å². The number of rotatable bonds is 2. The summed E-state index contributed by atoms with van der Waals surface area (Å²) in [5, 5.41) is 0.653. The van der Waals surface area contributed by atoms with Gasteiger partial charge >= 0.3 is 0 Å². The normalized spacial score (nSPS) is 19.9. The average molecular weight is 267 g/mol. The number of piperazine rings is 1. The molecule has 4 heteroatoms. The van der Waals surface area contributed by atoms with Crippen molar-refractivity contribution < 1.29 is 4.79 Å². The number of carbonyl (C=O) groups is 1. The number of hydrogen-bond donors (Lipinski definition) is 0. The summed E-state index contributed by atoms with van der Waals surface area (Å²) >= 11 is 6.26. The number of likely N-dealkylation sites (N-methyl/N-ethyl adjacent to an activating group) is 1. The van der Waals surface area contributed by atoms with Crippen LogP contribution in [0.15, 0.2) is 18.2 Å². The van der Waals surface area contributed by atoms with Crippen molar-refractivity contribution in [1.82, 2.24) is 4.90 Å². The van der Waals surface area contributed by atoms with Crippen molar-refractivity contribution in [2.24, 2.45) is 0 Å². The molecule has 0 bridgehead atoms. The Labute approximate surface area is 113 Å². The van der Waals surface area contributed by atoms with E-state index >= 15 is 0 Å². The van der Waals surface area contributed by atoms with Gasteiger partial charge in [-0.3, -0.25) is 9.69 Å². The molecule has 98 valence electrons. The van der Waals surface area contributed by atoms with E-state index in [0.29, 0.717) is 10.6 Å². The van der Waals surface area contributed by atoms with E-state index in [1.54, 1.807) is 0 Å². The van der Waals surface area contributed by atoms with Gasteiger partial charge in [0.2, 0.25) is 0 Å². The fraction of sp³-hybridized carbons (Fsp3) is 0.500. The highest BCUT2D eigenvalue weighted by Crippen LogP contribution is 2.32. The zero-order valence-electron chi connectivity index (χ0n) is 11.1. The van der Waals surface area contributed by atoms with Crippen molar-refractivity contribution >= 4 is 23.6 Å². The zero-order valence-corrected chi connectivity index (χ0v) is 11.9. The molecule has 18 heavy (non-hydrogen) atoms. The quantitative estimate of drug-likeness (QED) is 0.769. The van der Waals surface area contributed by atoms with E-state index < -0.39 is 0 Å². The van der Waals surface area contributed by atoms with Gasteiger partial charge in [0, 0.05) is 30.7 Å². The summed E-state index contributed by atoms with van der Waals surface area (Å²) in [6, 6.07) is 5.48. The third-order valence-corrected chi connectivity index (χ3v) is 4.08. The highest BCUT2D eigenvalue weighted by Gasteiger charge is 2.32. The van der Waals surface area contributed by atoms with Gasteiger partial charge in [0.05, 0.1) is 10.7 Å². The Morgan fingerprint density at radius 2 is 2.06 bits per heavy atom. The molecular formula is C14H19ClN2O. The number of para-hydroxylation sites is 1. The lowest BCUT2D eigenvalue weighted by Crippen LogP contribution is -2.57. The van der Waals surface area contributed by atoms with Gasteiger partial charge < -0.3 is 4.90 Å². The largest absolute Gasteiger partial charge is 0.367 e. The molecule has 1 aromatic rings. The van der Waals surface area contributed by atoms with E-state index in [0.717, 1.165) is 31.6 Å². The van der Waals surface area contributed by atoms with E-state index in [2.05, 4.69) is 30.7 Å². The van der Waals surface area contributed by atoms with E-state index in [-0.39, 0.29) is 5.54 Å². The smallest absolute Gasteiger partial charge is 0.152 e. The highest BCUT2D eigenvalue weighted by molar-refractivity contribution is 6.33. The van der Waals surface area contributed by atoms with Crippen molar-refractivity contribution in [1.29, 1.82) is 0 Å². The Kier molecular flexibility index (Phi) is 3.64. The van der Waals surface area contributed by atoms with Crippen LogP contribution in [0.5, 0.6) is 0 Å². The number of carbonyl (C=O) groups excluding carboxylic acids is 1. The summed E-state index contributed by atoms with van der Waals surface area (Å²) in [5.41, 5.74) is 1.62. The standard InChI is InChI=1S/C14H19ClN2O/c1-14(2)10-17(8-7-16(14)3)13-11(9-18)5-4-6-12(13)15/h4-6,9H,7-8,10H2,1-3H3. The fourth-order valence-corrected chi connectivity index (χ4v) is 2.69. The Hall–Kier alpha value is -1.06. The second kappa shape index (κ2) is 4.90. The maximum absolute atomic E-state index is 11.2. The summed E-state index contributed by atoms with van der Waals surface area (Å²) in [6.45, 7) is 7.14. The summed E-state index contributed by atoms with van der Waals surface area (Å²) < 4.78 is 0. The molecule has 0 spiro atoms. The topological polar surface area (TPSA) is 23.6 Å². The minimum Gasteiger partial charge on any atom is -0.367 e. The van der Waals surface area contributed by atoms with Gasteiger partial charge in [-0.2, -0.15) is 0 Å². The number of benzene rings is 1. The Balaban J connectivity index is 2.35. The lowest BCUT2D eigenvalue weighted by Gasteiger charge is -2.46. The molecule has 0 unspecified atom stereocenters. The predicted molar refractivity (Wildman–Crippen MR) is 75.8 cm³/mol. The molecule has 0 atom stereocenters. The maximum atomic E-state index is 11.2. The van der Waals surface area contributed by atoms with Gasteiger partial charge in [-0.1, -0.05) is 17.7 Å². The first-order valence-corrected chi connectivity index (χ1v) is 6.53. The van der Waals surface area contributed by atoms with Crippen LogP contribution >= 0.6 is 11.6 Å². The molecule has 0 aromatic heterocycles. The number of halogens is 1. The lowest BCUT2D eigenvalue weighted by atomic mass is 9.98. The van der Waals surface area contributed by atoms with Gasteiger partial charge in [0.15, 0.2) is 6.29 Å². The SMILES string of the molecule is CN1CCN(c2c(Cl)cccc2C=O)CC1(C)C. The van der Waals surface area contributed by atoms with Crippen LogP contribution in [0.2, 0.25) is 5.02 Å². The van der Waals surface area contributed by atoms with Crippen molar-refractivity contribution in [3.63, 3.8) is 0 Å². The zero-order chi connectivity index (χ0) is 13.3. The highest BCUT2D eigenvalue weighted by atomic mass is 35.5. The molecule has 1 aromatic carbocycles. The summed E-state index contributed by atoms with van der Waals surface area (Å²) in [6.07, 6.45) is 0.881. The number of nitrogens with zero attached hydrogens (tertiary/aromatic N) is 2. The van der Waals surface area contributed by atoms with Crippen molar-refractivity contribution in [2.75, 3.05) is 31.6 Å². The summed E-state index contributed by atoms with van der Waals surface area (Å²) in [4.78, 5) is 15.7. The Bertz CT molecular complexity index is 459. The first-order chi connectivity index (χ1) is 8.45.